The lowest BCUT2D eigenvalue weighted by molar-refractivity contribution is -0.141. The number of carbonyl (C=O) groups is 2. The highest BCUT2D eigenvalue weighted by atomic mass is 16.5. The molecule has 0 heterocycles. The third kappa shape index (κ3) is 8.07. The number of aryl methyl sites for hydroxylation is 1. The summed E-state index contributed by atoms with van der Waals surface area (Å²) in [5.41, 5.74) is 5.77. The van der Waals surface area contributed by atoms with Crippen molar-refractivity contribution in [3.63, 3.8) is 0 Å². The van der Waals surface area contributed by atoms with E-state index in [1.807, 2.05) is 38.1 Å². The van der Waals surface area contributed by atoms with E-state index in [0.717, 1.165) is 19.3 Å². The molecule has 2 N–H and O–H groups in total. The summed E-state index contributed by atoms with van der Waals surface area (Å²) in [5, 5.41) is 6.45. The molecule has 0 bridgehead atoms. The first-order valence-electron chi connectivity index (χ1n) is 12.9. The van der Waals surface area contributed by atoms with Crippen LogP contribution in [0.15, 0.2) is 48.5 Å². The summed E-state index contributed by atoms with van der Waals surface area (Å²) in [6.45, 7) is 12.4. The quantitative estimate of drug-likeness (QED) is 0.413. The van der Waals surface area contributed by atoms with Gasteiger partial charge in [-0.25, -0.2) is 0 Å². The van der Waals surface area contributed by atoms with Gasteiger partial charge in [0.25, 0.3) is 5.91 Å². The van der Waals surface area contributed by atoms with Crippen molar-refractivity contribution in [2.75, 3.05) is 13.2 Å². The molecule has 1 aliphatic carbocycles. The molecule has 0 saturated heterocycles. The second-order valence-electron chi connectivity index (χ2n) is 8.78. The molecule has 1 aliphatic rings. The molecule has 1 fully saturated rings. The maximum absolute atomic E-state index is 12.3. The molecule has 35 heavy (non-hydrogen) atoms. The average Bonchev–Trinajstić information content (AvgIpc) is 3.33. The molecule has 1 amide bonds. The van der Waals surface area contributed by atoms with Crippen LogP contribution >= 0.6 is 0 Å². The summed E-state index contributed by atoms with van der Waals surface area (Å²) in [6, 6.07) is 15.0. The van der Waals surface area contributed by atoms with Crippen molar-refractivity contribution in [1.29, 1.82) is 0 Å². The molecule has 2 aromatic carbocycles. The van der Waals surface area contributed by atoms with E-state index < -0.39 is 5.97 Å². The smallest absolute Gasteiger partial charge is 0.325 e. The summed E-state index contributed by atoms with van der Waals surface area (Å²) >= 11 is 0. The Bertz CT molecular complexity index is 982. The van der Waals surface area contributed by atoms with Gasteiger partial charge in [0, 0.05) is 17.6 Å². The maximum Gasteiger partial charge on any atom is 0.325 e. The summed E-state index contributed by atoms with van der Waals surface area (Å²) in [7, 11) is 0. The first kappa shape index (κ1) is 28.3. The van der Waals surface area contributed by atoms with Gasteiger partial charge in [0.05, 0.1) is 6.61 Å². The van der Waals surface area contributed by atoms with E-state index in [1.165, 1.54) is 22.3 Å². The topological polar surface area (TPSA) is 67.4 Å². The molecule has 0 aromatic heterocycles. The number of hydrogen-bond donors (Lipinski definition) is 2. The highest BCUT2D eigenvalue weighted by molar-refractivity contribution is 5.95. The Hall–Kier alpha value is -2.92. The Labute approximate surface area is 211 Å². The zero-order valence-corrected chi connectivity index (χ0v) is 22.2. The van der Waals surface area contributed by atoms with E-state index in [-0.39, 0.29) is 18.5 Å². The maximum atomic E-state index is 12.3. The summed E-state index contributed by atoms with van der Waals surface area (Å²) < 4.78 is 4.84. The van der Waals surface area contributed by atoms with Gasteiger partial charge in [-0.15, -0.1) is 0 Å². The molecule has 0 spiro atoms. The monoisotopic (exact) mass is 478 g/mol. The van der Waals surface area contributed by atoms with Crippen LogP contribution in [0.5, 0.6) is 0 Å². The fraction of sp³-hybridized carbons (Fsp3) is 0.467. The van der Waals surface area contributed by atoms with Crippen molar-refractivity contribution >= 4 is 18.0 Å². The lowest BCUT2D eigenvalue weighted by atomic mass is 9.95. The third-order valence-electron chi connectivity index (χ3n) is 6.42. The van der Waals surface area contributed by atoms with E-state index in [9.17, 15) is 9.59 Å². The van der Waals surface area contributed by atoms with Crippen LogP contribution in [-0.4, -0.2) is 31.1 Å². The minimum Gasteiger partial charge on any atom is -0.465 e. The van der Waals surface area contributed by atoms with Gasteiger partial charge < -0.3 is 15.4 Å². The molecule has 2 aromatic rings. The second kappa shape index (κ2) is 14.5. The van der Waals surface area contributed by atoms with E-state index >= 15 is 0 Å². The van der Waals surface area contributed by atoms with Gasteiger partial charge in [0.1, 0.15) is 6.54 Å². The predicted molar refractivity (Wildman–Crippen MR) is 145 cm³/mol. The number of rotatable bonds is 9. The van der Waals surface area contributed by atoms with Crippen LogP contribution in [0.4, 0.5) is 0 Å². The number of hydrogen-bond acceptors (Lipinski definition) is 4. The first-order valence-corrected chi connectivity index (χ1v) is 12.9. The van der Waals surface area contributed by atoms with Gasteiger partial charge in [-0.3, -0.25) is 9.59 Å². The molecule has 0 radical (unpaired) electrons. The van der Waals surface area contributed by atoms with Crippen molar-refractivity contribution in [2.24, 2.45) is 0 Å². The van der Waals surface area contributed by atoms with Gasteiger partial charge >= 0.3 is 5.97 Å². The van der Waals surface area contributed by atoms with Gasteiger partial charge in [-0.2, -0.15) is 0 Å². The number of amides is 1. The van der Waals surface area contributed by atoms with Crippen molar-refractivity contribution in [3.05, 3.63) is 76.4 Å². The molecule has 0 aliphatic heterocycles. The lowest BCUT2D eigenvalue weighted by Gasteiger charge is -2.22. The highest BCUT2D eigenvalue weighted by Crippen LogP contribution is 2.36. The van der Waals surface area contributed by atoms with Gasteiger partial charge in [0.2, 0.25) is 0 Å². The normalized spacial score (nSPS) is 18.0. The fourth-order valence-corrected chi connectivity index (χ4v) is 4.73. The molecule has 3 rings (SSSR count). The Kier molecular flexibility index (Phi) is 11.7. The Morgan fingerprint density at radius 3 is 2.49 bits per heavy atom. The molecule has 5 heteroatoms. The van der Waals surface area contributed by atoms with Crippen LogP contribution < -0.4 is 10.6 Å². The Morgan fingerprint density at radius 1 is 1.11 bits per heavy atom. The molecule has 3 atom stereocenters. The number of carbonyl (C=O) groups excluding carboxylic acids is 2. The SMILES string of the molecule is C/C=C\c1c(C)cccc1[C@@H](C)N[C@H]1CC[C@@H](c2ccc(C(=O)NCC(=O)OCC)cc2)C1.CC. The largest absolute Gasteiger partial charge is 0.465 e. The van der Waals surface area contributed by atoms with Crippen LogP contribution in [0.25, 0.3) is 6.08 Å². The van der Waals surface area contributed by atoms with Crippen LogP contribution in [0, 0.1) is 6.92 Å². The van der Waals surface area contributed by atoms with Crippen LogP contribution in [-0.2, 0) is 9.53 Å². The van der Waals surface area contributed by atoms with E-state index in [2.05, 4.69) is 61.8 Å². The third-order valence-corrected chi connectivity index (χ3v) is 6.42. The number of esters is 1. The summed E-state index contributed by atoms with van der Waals surface area (Å²) in [4.78, 5) is 23.7. The van der Waals surface area contributed by atoms with Crippen LogP contribution in [0.3, 0.4) is 0 Å². The molecule has 0 unspecified atom stereocenters. The molecule has 190 valence electrons. The van der Waals surface area contributed by atoms with Crippen LogP contribution in [0.1, 0.15) is 98.5 Å². The Balaban J connectivity index is 0.00000210. The van der Waals surface area contributed by atoms with Crippen molar-refractivity contribution in [2.45, 2.75) is 78.8 Å². The zero-order chi connectivity index (χ0) is 25.8. The molecular weight excluding hydrogens is 436 g/mol. The number of nitrogens with one attached hydrogen (secondary N) is 2. The van der Waals surface area contributed by atoms with Crippen LogP contribution in [0.2, 0.25) is 0 Å². The molecule has 5 nitrogen and oxygen atoms in total. The molecule has 1 saturated carbocycles. The highest BCUT2D eigenvalue weighted by Gasteiger charge is 2.27. The van der Waals surface area contributed by atoms with Crippen molar-refractivity contribution in [3.8, 4) is 0 Å². The minimum atomic E-state index is -0.426. The van der Waals surface area contributed by atoms with Gasteiger partial charge in [0.15, 0.2) is 0 Å². The number of allylic oxidation sites excluding steroid dienone is 1. The minimum absolute atomic E-state index is 0.112. The fourth-order valence-electron chi connectivity index (χ4n) is 4.73. The van der Waals surface area contributed by atoms with Gasteiger partial charge in [-0.05, 0) is 87.3 Å². The number of ether oxygens (including phenoxy) is 1. The average molecular weight is 479 g/mol. The standard InChI is InChI=1S/C28H36N2O3.C2H6/c1-5-8-25-19(3)9-7-10-26(25)20(4)30-24-16-15-23(17-24)21-11-13-22(14-12-21)28(32)29-18-27(31)33-6-2;1-2/h5,7-14,20,23-24,30H,6,15-18H2,1-4H3,(H,29,32);1-2H3/b8-5-;/t20-,23-,24+;/m1./s1. The van der Waals surface area contributed by atoms with Crippen molar-refractivity contribution in [1.82, 2.24) is 10.6 Å². The molecular formula is C30H42N2O3. The number of benzene rings is 2. The predicted octanol–water partition coefficient (Wildman–Crippen LogP) is 6.33. The summed E-state index contributed by atoms with van der Waals surface area (Å²) in [6.07, 6.45) is 7.66. The first-order chi connectivity index (χ1) is 16.9. The van der Waals surface area contributed by atoms with E-state index in [1.54, 1.807) is 6.92 Å². The lowest BCUT2D eigenvalue weighted by Crippen LogP contribution is -2.30. The summed E-state index contributed by atoms with van der Waals surface area (Å²) in [5.74, 6) is -0.201. The van der Waals surface area contributed by atoms with Crippen molar-refractivity contribution < 1.29 is 14.3 Å². The second-order valence-corrected chi connectivity index (χ2v) is 8.78. The van der Waals surface area contributed by atoms with Gasteiger partial charge in [-0.1, -0.05) is 56.3 Å². The van der Waals surface area contributed by atoms with E-state index in [0.29, 0.717) is 24.1 Å². The van der Waals surface area contributed by atoms with E-state index in [4.69, 9.17) is 4.74 Å². The Morgan fingerprint density at radius 2 is 1.83 bits per heavy atom. The zero-order valence-electron chi connectivity index (χ0n) is 22.2.